The topological polar surface area (TPSA) is 107 Å². The largest absolute Gasteiger partial charge is 0.481 e. The molecule has 158 valence electrons. The van der Waals surface area contributed by atoms with Gasteiger partial charge in [0.2, 0.25) is 6.04 Å². The summed E-state index contributed by atoms with van der Waals surface area (Å²) in [6.07, 6.45) is 10.8. The van der Waals surface area contributed by atoms with Gasteiger partial charge in [0, 0.05) is 24.7 Å². The number of carboxylic acids is 1. The second-order valence-corrected chi connectivity index (χ2v) is 7.26. The lowest BCUT2D eigenvalue weighted by molar-refractivity contribution is -0.535. The summed E-state index contributed by atoms with van der Waals surface area (Å²) in [5.41, 5.74) is 0. The zero-order valence-corrected chi connectivity index (χ0v) is 17.0. The fraction of sp³-hybridized carbons (Fsp3) is 0.900. The molecule has 0 rings (SSSR count). The van der Waals surface area contributed by atoms with Crippen LogP contribution in [-0.4, -0.2) is 34.1 Å². The summed E-state index contributed by atoms with van der Waals surface area (Å²) in [7, 11) is 0. The maximum Gasteiger partial charge on any atom is 0.303 e. The van der Waals surface area contributed by atoms with Crippen LogP contribution in [-0.2, 0) is 14.3 Å². The minimum atomic E-state index is -0.858. The molecule has 0 amide bonds. The third-order valence-corrected chi connectivity index (χ3v) is 4.75. The van der Waals surface area contributed by atoms with Crippen molar-refractivity contribution in [2.75, 3.05) is 0 Å². The number of unbranched alkanes of at least 4 members (excludes halogenated alkanes) is 9. The molecule has 27 heavy (non-hydrogen) atoms. The smallest absolute Gasteiger partial charge is 0.303 e. The Balaban J connectivity index is 4.29. The molecule has 0 saturated carbocycles. The van der Waals surface area contributed by atoms with Crippen molar-refractivity contribution in [3.63, 3.8) is 0 Å². The maximum absolute atomic E-state index is 11.5. The second-order valence-electron chi connectivity index (χ2n) is 7.26. The van der Waals surface area contributed by atoms with Crippen molar-refractivity contribution in [1.29, 1.82) is 0 Å². The van der Waals surface area contributed by atoms with E-state index in [-0.39, 0.29) is 11.3 Å². The maximum atomic E-state index is 11.5. The van der Waals surface area contributed by atoms with Crippen LogP contribution in [0.4, 0.5) is 0 Å². The number of ether oxygens (including phenoxy) is 1. The molecule has 0 aromatic heterocycles. The van der Waals surface area contributed by atoms with E-state index in [9.17, 15) is 19.7 Å². The lowest BCUT2D eigenvalue weighted by atomic mass is 9.97. The number of aliphatic carboxylic acids is 1. The molecule has 0 radical (unpaired) electrons. The number of nitro groups is 1. The van der Waals surface area contributed by atoms with Crippen LogP contribution in [0, 0.1) is 10.1 Å². The number of rotatable bonds is 18. The van der Waals surface area contributed by atoms with Gasteiger partial charge >= 0.3 is 11.9 Å². The number of esters is 1. The summed E-state index contributed by atoms with van der Waals surface area (Å²) in [5.74, 6) is -1.26. The lowest BCUT2D eigenvalue weighted by Crippen LogP contribution is -2.37. The van der Waals surface area contributed by atoms with Crippen LogP contribution in [0.1, 0.15) is 104 Å². The highest BCUT2D eigenvalue weighted by Gasteiger charge is 2.33. The van der Waals surface area contributed by atoms with Gasteiger partial charge in [0.1, 0.15) is 0 Å². The number of carboxylic acid groups (broad SMARTS) is 1. The Labute approximate surface area is 163 Å². The monoisotopic (exact) mass is 387 g/mol. The van der Waals surface area contributed by atoms with E-state index in [0.717, 1.165) is 38.5 Å². The van der Waals surface area contributed by atoms with Crippen LogP contribution < -0.4 is 0 Å². The van der Waals surface area contributed by atoms with Gasteiger partial charge in [0.05, 0.1) is 0 Å². The van der Waals surface area contributed by atoms with Crippen molar-refractivity contribution in [3.05, 3.63) is 10.1 Å². The summed E-state index contributed by atoms with van der Waals surface area (Å²) >= 11 is 0. The van der Waals surface area contributed by atoms with Gasteiger partial charge < -0.3 is 9.84 Å². The Hall–Kier alpha value is -1.66. The predicted molar refractivity (Wildman–Crippen MR) is 104 cm³/mol. The van der Waals surface area contributed by atoms with Crippen LogP contribution in [0.25, 0.3) is 0 Å². The Morgan fingerprint density at radius 1 is 0.926 bits per heavy atom. The molecule has 0 fully saturated rings. The average molecular weight is 388 g/mol. The molecule has 0 aromatic rings. The van der Waals surface area contributed by atoms with Gasteiger partial charge in [-0.05, 0) is 25.7 Å². The van der Waals surface area contributed by atoms with Crippen LogP contribution in [0.5, 0.6) is 0 Å². The van der Waals surface area contributed by atoms with Crippen LogP contribution >= 0.6 is 0 Å². The van der Waals surface area contributed by atoms with Gasteiger partial charge in [-0.3, -0.25) is 19.7 Å². The summed E-state index contributed by atoms with van der Waals surface area (Å²) < 4.78 is 5.28. The molecular formula is C20H37NO6. The van der Waals surface area contributed by atoms with Crippen LogP contribution in [0.3, 0.4) is 0 Å². The van der Waals surface area contributed by atoms with Gasteiger partial charge in [0.25, 0.3) is 0 Å². The Bertz CT molecular complexity index is 427. The van der Waals surface area contributed by atoms with Crippen molar-refractivity contribution < 1.29 is 24.4 Å². The zero-order valence-electron chi connectivity index (χ0n) is 17.0. The molecular weight excluding hydrogens is 350 g/mol. The fourth-order valence-electron chi connectivity index (χ4n) is 3.26. The van der Waals surface area contributed by atoms with Crippen molar-refractivity contribution in [2.45, 2.75) is 116 Å². The third kappa shape index (κ3) is 15.1. The number of carbonyl (C=O) groups excluding carboxylic acids is 1. The molecule has 7 nitrogen and oxygen atoms in total. The van der Waals surface area contributed by atoms with Gasteiger partial charge in [0.15, 0.2) is 6.10 Å². The number of carbonyl (C=O) groups is 2. The Kier molecular flexibility index (Phi) is 15.5. The summed E-state index contributed by atoms with van der Waals surface area (Å²) in [5, 5.41) is 20.1. The minimum Gasteiger partial charge on any atom is -0.481 e. The first-order valence-corrected chi connectivity index (χ1v) is 10.4. The average Bonchev–Trinajstić information content (AvgIpc) is 2.58. The molecule has 0 spiro atoms. The van der Waals surface area contributed by atoms with Gasteiger partial charge in [-0.25, -0.2) is 0 Å². The van der Waals surface area contributed by atoms with E-state index in [1.54, 1.807) is 0 Å². The summed E-state index contributed by atoms with van der Waals surface area (Å²) in [4.78, 5) is 33.0. The van der Waals surface area contributed by atoms with E-state index in [4.69, 9.17) is 9.84 Å². The number of hydrogen-bond acceptors (Lipinski definition) is 5. The highest BCUT2D eigenvalue weighted by atomic mass is 16.6. The number of nitrogens with zero attached hydrogens (tertiary/aromatic N) is 1. The molecule has 2 unspecified atom stereocenters. The predicted octanol–water partition coefficient (Wildman–Crippen LogP) is 5.13. The van der Waals surface area contributed by atoms with E-state index in [2.05, 4.69) is 6.92 Å². The van der Waals surface area contributed by atoms with Crippen molar-refractivity contribution in [2.24, 2.45) is 0 Å². The van der Waals surface area contributed by atoms with Crippen LogP contribution in [0.15, 0.2) is 0 Å². The molecule has 1 N–H and O–H groups in total. The van der Waals surface area contributed by atoms with Gasteiger partial charge in [-0.1, -0.05) is 58.3 Å². The molecule has 0 aliphatic carbocycles. The SMILES string of the molecule is CCCCCCCCC(OC(C)=O)C(CCCCCCCC(=O)O)[N+](=O)[O-]. The Morgan fingerprint density at radius 3 is 1.96 bits per heavy atom. The first-order chi connectivity index (χ1) is 12.9. The summed E-state index contributed by atoms with van der Waals surface area (Å²) in [6.45, 7) is 3.46. The van der Waals surface area contributed by atoms with E-state index in [0.29, 0.717) is 25.7 Å². The van der Waals surface area contributed by atoms with E-state index < -0.39 is 24.1 Å². The molecule has 0 aliphatic heterocycles. The molecule has 0 bridgehead atoms. The van der Waals surface area contributed by atoms with E-state index >= 15 is 0 Å². The first kappa shape index (κ1) is 25.3. The second kappa shape index (κ2) is 16.5. The zero-order chi connectivity index (χ0) is 20.5. The normalized spacial score (nSPS) is 13.1. The van der Waals surface area contributed by atoms with Gasteiger partial charge in [-0.15, -0.1) is 0 Å². The standard InChI is InChI=1S/C20H37NO6/c1-3-4-5-6-9-12-15-19(27-17(2)22)18(21(25)26)14-11-8-7-10-13-16-20(23)24/h18-19H,3-16H2,1-2H3,(H,23,24). The van der Waals surface area contributed by atoms with Gasteiger partial charge in [-0.2, -0.15) is 0 Å². The minimum absolute atomic E-state index is 0.171. The van der Waals surface area contributed by atoms with Crippen LogP contribution in [0.2, 0.25) is 0 Å². The molecule has 0 heterocycles. The molecule has 0 saturated heterocycles. The van der Waals surface area contributed by atoms with Crippen molar-refractivity contribution in [3.8, 4) is 0 Å². The lowest BCUT2D eigenvalue weighted by Gasteiger charge is -2.21. The van der Waals surface area contributed by atoms with Crippen molar-refractivity contribution >= 4 is 11.9 Å². The number of hydrogen-bond donors (Lipinski definition) is 1. The first-order valence-electron chi connectivity index (χ1n) is 10.4. The van der Waals surface area contributed by atoms with E-state index in [1.165, 1.54) is 26.2 Å². The van der Waals surface area contributed by atoms with E-state index in [1.807, 2.05) is 0 Å². The highest BCUT2D eigenvalue weighted by molar-refractivity contribution is 5.66. The molecule has 2 atom stereocenters. The Morgan fingerprint density at radius 2 is 1.44 bits per heavy atom. The summed E-state index contributed by atoms with van der Waals surface area (Å²) in [6, 6.07) is -0.858. The highest BCUT2D eigenvalue weighted by Crippen LogP contribution is 2.20. The third-order valence-electron chi connectivity index (χ3n) is 4.75. The molecule has 7 heteroatoms. The molecule has 0 aromatic carbocycles. The van der Waals surface area contributed by atoms with Crippen molar-refractivity contribution in [1.82, 2.24) is 0 Å². The molecule has 0 aliphatic rings. The fourth-order valence-corrected chi connectivity index (χ4v) is 3.26. The quantitative estimate of drug-likeness (QED) is 0.151.